The van der Waals surface area contributed by atoms with Crippen LogP contribution in [0.5, 0.6) is 0 Å². The third-order valence-corrected chi connectivity index (χ3v) is 3.45. The molecular formula is C11H13NO6S. The number of carboxylic acid groups (broad SMARTS) is 2. The molecule has 0 radical (unpaired) electrons. The second-order valence-electron chi connectivity index (χ2n) is 3.90. The molecule has 1 aromatic carbocycles. The molecule has 0 fully saturated rings. The van der Waals surface area contributed by atoms with Crippen LogP contribution in [-0.4, -0.2) is 42.9 Å². The van der Waals surface area contributed by atoms with Gasteiger partial charge >= 0.3 is 11.9 Å². The molecule has 0 spiro atoms. The number of carboxylic acids is 2. The number of carbonyl (C=O) groups is 2. The van der Waals surface area contributed by atoms with Gasteiger partial charge in [-0.25, -0.2) is 13.2 Å². The Morgan fingerprint density at radius 3 is 2.32 bits per heavy atom. The van der Waals surface area contributed by atoms with Gasteiger partial charge in [-0.05, 0) is 12.1 Å². The van der Waals surface area contributed by atoms with E-state index >= 15 is 0 Å². The Balaban J connectivity index is 3.10. The van der Waals surface area contributed by atoms with E-state index in [1.807, 2.05) is 0 Å². The molecule has 0 amide bonds. The molecular weight excluding hydrogens is 274 g/mol. The topological polar surface area (TPSA) is 121 Å². The Kier molecular flexibility index (Phi) is 4.49. The molecule has 0 bridgehead atoms. The van der Waals surface area contributed by atoms with E-state index in [1.165, 1.54) is 24.3 Å². The third kappa shape index (κ3) is 4.25. The number of hydrogen-bond acceptors (Lipinski definition) is 5. The van der Waals surface area contributed by atoms with Crippen molar-refractivity contribution in [1.82, 2.24) is 0 Å². The fourth-order valence-corrected chi connectivity index (χ4v) is 2.32. The van der Waals surface area contributed by atoms with E-state index in [-0.39, 0.29) is 10.6 Å². The molecule has 7 nitrogen and oxygen atoms in total. The first-order valence-electron chi connectivity index (χ1n) is 5.22. The van der Waals surface area contributed by atoms with Gasteiger partial charge in [-0.3, -0.25) is 4.79 Å². The minimum atomic E-state index is -3.54. The van der Waals surface area contributed by atoms with Crippen molar-refractivity contribution in [2.45, 2.75) is 17.4 Å². The maximum Gasteiger partial charge on any atom is 0.326 e. The van der Waals surface area contributed by atoms with E-state index in [0.29, 0.717) is 0 Å². The molecule has 0 aliphatic carbocycles. The van der Waals surface area contributed by atoms with Gasteiger partial charge in [0.05, 0.1) is 17.0 Å². The highest BCUT2D eigenvalue weighted by Gasteiger charge is 2.23. The number of aliphatic carboxylic acids is 2. The van der Waals surface area contributed by atoms with E-state index in [0.717, 1.165) is 6.26 Å². The SMILES string of the molecule is CS(=O)(=O)c1ccccc1NC(CC(=O)O)C(=O)O. The van der Waals surface area contributed by atoms with Gasteiger partial charge in [0.15, 0.2) is 9.84 Å². The smallest absolute Gasteiger partial charge is 0.326 e. The van der Waals surface area contributed by atoms with E-state index in [2.05, 4.69) is 5.32 Å². The number of hydrogen-bond donors (Lipinski definition) is 3. The van der Waals surface area contributed by atoms with Gasteiger partial charge in [0.2, 0.25) is 0 Å². The van der Waals surface area contributed by atoms with Crippen molar-refractivity contribution in [2.24, 2.45) is 0 Å². The zero-order chi connectivity index (χ0) is 14.6. The summed E-state index contributed by atoms with van der Waals surface area (Å²) < 4.78 is 23.0. The minimum Gasteiger partial charge on any atom is -0.481 e. The number of nitrogens with one attached hydrogen (secondary N) is 1. The van der Waals surface area contributed by atoms with Crippen LogP contribution in [0.25, 0.3) is 0 Å². The lowest BCUT2D eigenvalue weighted by Crippen LogP contribution is -2.32. The lowest BCUT2D eigenvalue weighted by atomic mass is 10.2. The first-order chi connectivity index (χ1) is 8.71. The monoisotopic (exact) mass is 287 g/mol. The fraction of sp³-hybridized carbons (Fsp3) is 0.273. The Morgan fingerprint density at radius 1 is 1.26 bits per heavy atom. The van der Waals surface area contributed by atoms with Gasteiger partial charge in [-0.2, -0.15) is 0 Å². The molecule has 19 heavy (non-hydrogen) atoms. The van der Waals surface area contributed by atoms with Crippen LogP contribution in [0.1, 0.15) is 6.42 Å². The molecule has 1 rings (SSSR count). The van der Waals surface area contributed by atoms with Crippen molar-refractivity contribution in [1.29, 1.82) is 0 Å². The van der Waals surface area contributed by atoms with Crippen LogP contribution in [0.15, 0.2) is 29.2 Å². The summed E-state index contributed by atoms with van der Waals surface area (Å²) in [4.78, 5) is 21.4. The van der Waals surface area contributed by atoms with Crippen LogP contribution >= 0.6 is 0 Å². The lowest BCUT2D eigenvalue weighted by molar-refractivity contribution is -0.144. The van der Waals surface area contributed by atoms with Crippen LogP contribution in [0, 0.1) is 0 Å². The Labute approximate surface area is 109 Å². The largest absolute Gasteiger partial charge is 0.481 e. The van der Waals surface area contributed by atoms with Gasteiger partial charge in [0, 0.05) is 6.26 Å². The number of benzene rings is 1. The van der Waals surface area contributed by atoms with Gasteiger partial charge in [-0.15, -0.1) is 0 Å². The van der Waals surface area contributed by atoms with Gasteiger partial charge in [-0.1, -0.05) is 12.1 Å². The average molecular weight is 287 g/mol. The van der Waals surface area contributed by atoms with Crippen LogP contribution in [0.3, 0.4) is 0 Å². The van der Waals surface area contributed by atoms with Gasteiger partial charge in [0.25, 0.3) is 0 Å². The predicted octanol–water partition coefficient (Wildman–Crippen LogP) is 0.430. The van der Waals surface area contributed by atoms with Crippen LogP contribution < -0.4 is 5.32 Å². The van der Waals surface area contributed by atoms with Crippen molar-refractivity contribution >= 4 is 27.5 Å². The maximum atomic E-state index is 11.5. The first kappa shape index (κ1) is 15.0. The molecule has 1 aromatic rings. The Bertz CT molecular complexity index is 595. The Hall–Kier alpha value is -2.09. The first-order valence-corrected chi connectivity index (χ1v) is 7.11. The summed E-state index contributed by atoms with van der Waals surface area (Å²) in [5.74, 6) is -2.66. The average Bonchev–Trinajstić information content (AvgIpc) is 2.26. The molecule has 8 heteroatoms. The summed E-state index contributed by atoms with van der Waals surface area (Å²) in [6.07, 6.45) is 0.327. The van der Waals surface area contributed by atoms with Crippen molar-refractivity contribution in [3.8, 4) is 0 Å². The maximum absolute atomic E-state index is 11.5. The molecule has 3 N–H and O–H groups in total. The zero-order valence-corrected chi connectivity index (χ0v) is 10.8. The summed E-state index contributed by atoms with van der Waals surface area (Å²) in [6, 6.07) is 4.32. The Morgan fingerprint density at radius 2 is 1.84 bits per heavy atom. The highest BCUT2D eigenvalue weighted by Crippen LogP contribution is 2.21. The van der Waals surface area contributed by atoms with Gasteiger partial charge < -0.3 is 15.5 Å². The van der Waals surface area contributed by atoms with E-state index in [4.69, 9.17) is 10.2 Å². The predicted molar refractivity (Wildman–Crippen MR) is 66.9 cm³/mol. The summed E-state index contributed by atoms with van der Waals surface area (Å²) >= 11 is 0. The summed E-state index contributed by atoms with van der Waals surface area (Å²) in [5.41, 5.74) is 0.0682. The summed E-state index contributed by atoms with van der Waals surface area (Å²) in [7, 11) is -3.54. The fourth-order valence-electron chi connectivity index (χ4n) is 1.47. The molecule has 0 heterocycles. The van der Waals surface area contributed by atoms with Gasteiger partial charge in [0.1, 0.15) is 6.04 Å². The summed E-state index contributed by atoms with van der Waals surface area (Å²) in [6.45, 7) is 0. The molecule has 0 aliphatic heterocycles. The molecule has 0 aliphatic rings. The van der Waals surface area contributed by atoms with E-state index in [1.54, 1.807) is 0 Å². The van der Waals surface area contributed by atoms with Crippen LogP contribution in [0.2, 0.25) is 0 Å². The highest BCUT2D eigenvalue weighted by molar-refractivity contribution is 7.90. The quantitative estimate of drug-likeness (QED) is 0.693. The molecule has 0 saturated heterocycles. The van der Waals surface area contributed by atoms with Crippen molar-refractivity contribution < 1.29 is 28.2 Å². The zero-order valence-electron chi connectivity index (χ0n) is 10.0. The standard InChI is InChI=1S/C11H13NO6S/c1-19(17,18)9-5-3-2-4-7(9)12-8(11(15)16)6-10(13)14/h2-5,8,12H,6H2,1H3,(H,13,14)(H,15,16). The minimum absolute atomic E-state index is 0.0682. The van der Waals surface area contributed by atoms with E-state index in [9.17, 15) is 18.0 Å². The number of anilines is 1. The second kappa shape index (κ2) is 5.70. The normalized spacial score (nSPS) is 12.7. The molecule has 1 unspecified atom stereocenters. The van der Waals surface area contributed by atoms with Crippen molar-refractivity contribution in [3.05, 3.63) is 24.3 Å². The van der Waals surface area contributed by atoms with Crippen LogP contribution in [-0.2, 0) is 19.4 Å². The van der Waals surface area contributed by atoms with Crippen molar-refractivity contribution in [2.75, 3.05) is 11.6 Å². The highest BCUT2D eigenvalue weighted by atomic mass is 32.2. The molecule has 1 atom stereocenters. The van der Waals surface area contributed by atoms with Crippen molar-refractivity contribution in [3.63, 3.8) is 0 Å². The second-order valence-corrected chi connectivity index (χ2v) is 5.89. The number of sulfone groups is 1. The molecule has 104 valence electrons. The lowest BCUT2D eigenvalue weighted by Gasteiger charge is -2.16. The molecule has 0 saturated carbocycles. The number of rotatable bonds is 6. The molecule has 0 aromatic heterocycles. The number of para-hydroxylation sites is 1. The van der Waals surface area contributed by atoms with E-state index < -0.39 is 34.2 Å². The van der Waals surface area contributed by atoms with Crippen LogP contribution in [0.4, 0.5) is 5.69 Å². The summed E-state index contributed by atoms with van der Waals surface area (Å²) in [5, 5.41) is 19.9. The third-order valence-electron chi connectivity index (χ3n) is 2.29.